The number of benzene rings is 1. The van der Waals surface area contributed by atoms with Crippen LogP contribution in [0.15, 0.2) is 10.5 Å². The maximum atomic E-state index is 13.1. The molecule has 0 bridgehead atoms. The van der Waals surface area contributed by atoms with Gasteiger partial charge in [0.1, 0.15) is 5.82 Å². The fraction of sp³-hybridized carbons (Fsp3) is 0.333. The molecule has 0 spiro atoms. The van der Waals surface area contributed by atoms with Crippen LogP contribution in [0.3, 0.4) is 0 Å². The monoisotopic (exact) mass is 268 g/mol. The molecule has 0 heterocycles. The van der Waals surface area contributed by atoms with E-state index in [1.807, 2.05) is 0 Å². The third-order valence-electron chi connectivity index (χ3n) is 1.79. The molecule has 0 amide bonds. The van der Waals surface area contributed by atoms with E-state index >= 15 is 0 Å². The van der Waals surface area contributed by atoms with Crippen LogP contribution in [0.1, 0.15) is 12.0 Å². The quantitative estimate of drug-likeness (QED) is 0.660. The van der Waals surface area contributed by atoms with Crippen molar-refractivity contribution in [2.24, 2.45) is 0 Å². The molecule has 0 aliphatic heterocycles. The van der Waals surface area contributed by atoms with Crippen molar-refractivity contribution in [3.05, 3.63) is 33.6 Å². The number of aliphatic hydroxyl groups is 1. The van der Waals surface area contributed by atoms with E-state index in [1.165, 1.54) is 0 Å². The zero-order chi connectivity index (χ0) is 10.7. The summed E-state index contributed by atoms with van der Waals surface area (Å²) in [6.45, 7) is -0.184. The molecular formula is C9H8BrF3O. The second kappa shape index (κ2) is 4.79. The maximum absolute atomic E-state index is 13.1. The van der Waals surface area contributed by atoms with Crippen LogP contribution in [0.25, 0.3) is 0 Å². The fourth-order valence-corrected chi connectivity index (χ4v) is 1.46. The molecular weight excluding hydrogens is 261 g/mol. The highest BCUT2D eigenvalue weighted by Crippen LogP contribution is 2.24. The van der Waals surface area contributed by atoms with Gasteiger partial charge in [-0.25, -0.2) is 13.2 Å². The Labute approximate surface area is 87.7 Å². The summed E-state index contributed by atoms with van der Waals surface area (Å²) in [7, 11) is 0. The molecule has 5 heteroatoms. The van der Waals surface area contributed by atoms with Gasteiger partial charge in [-0.15, -0.1) is 0 Å². The summed E-state index contributed by atoms with van der Waals surface area (Å²) >= 11 is 2.69. The third-order valence-corrected chi connectivity index (χ3v) is 2.37. The molecule has 0 saturated heterocycles. The van der Waals surface area contributed by atoms with Gasteiger partial charge in [0.25, 0.3) is 0 Å². The van der Waals surface area contributed by atoms with Gasteiger partial charge in [-0.3, -0.25) is 0 Å². The summed E-state index contributed by atoms with van der Waals surface area (Å²) in [6, 6.07) is 0.880. The average molecular weight is 269 g/mol. The Morgan fingerprint density at radius 2 is 1.86 bits per heavy atom. The Morgan fingerprint density at radius 1 is 1.21 bits per heavy atom. The summed E-state index contributed by atoms with van der Waals surface area (Å²) in [5, 5.41) is 8.49. The highest BCUT2D eigenvalue weighted by Gasteiger charge is 2.16. The van der Waals surface area contributed by atoms with Crippen molar-refractivity contribution in [3.8, 4) is 0 Å². The molecule has 0 atom stereocenters. The molecule has 0 aliphatic rings. The average Bonchev–Trinajstić information content (AvgIpc) is 2.14. The van der Waals surface area contributed by atoms with E-state index < -0.39 is 17.5 Å². The van der Waals surface area contributed by atoms with E-state index in [2.05, 4.69) is 15.9 Å². The lowest BCUT2D eigenvalue weighted by atomic mass is 10.1. The van der Waals surface area contributed by atoms with Crippen LogP contribution in [-0.4, -0.2) is 11.7 Å². The number of hydrogen-bond donors (Lipinski definition) is 1. The predicted molar refractivity (Wildman–Crippen MR) is 49.4 cm³/mol. The molecule has 0 saturated carbocycles. The third kappa shape index (κ3) is 2.27. The molecule has 1 N–H and O–H groups in total. The standard InChI is InChI=1S/C9H8BrF3O/c10-6-4-7(11)5(2-1-3-14)8(12)9(6)13/h4,14H,1-3H2. The fourth-order valence-electron chi connectivity index (χ4n) is 1.09. The Bertz CT molecular complexity index is 341. The highest BCUT2D eigenvalue weighted by atomic mass is 79.9. The molecule has 78 valence electrons. The molecule has 14 heavy (non-hydrogen) atoms. The molecule has 0 unspecified atom stereocenters. The molecule has 0 aromatic heterocycles. The number of hydrogen-bond acceptors (Lipinski definition) is 1. The van der Waals surface area contributed by atoms with Crippen molar-refractivity contribution in [3.63, 3.8) is 0 Å². The lowest BCUT2D eigenvalue weighted by molar-refractivity contribution is 0.287. The molecule has 1 aromatic carbocycles. The van der Waals surface area contributed by atoms with E-state index in [0.29, 0.717) is 0 Å². The summed E-state index contributed by atoms with van der Waals surface area (Å²) in [5.74, 6) is -3.09. The minimum atomic E-state index is -1.19. The van der Waals surface area contributed by atoms with Crippen molar-refractivity contribution in [1.82, 2.24) is 0 Å². The van der Waals surface area contributed by atoms with E-state index in [0.717, 1.165) is 6.07 Å². The van der Waals surface area contributed by atoms with Gasteiger partial charge in [0, 0.05) is 12.2 Å². The van der Waals surface area contributed by atoms with Gasteiger partial charge in [0.2, 0.25) is 0 Å². The number of aliphatic hydroxyl groups excluding tert-OH is 1. The molecule has 0 fully saturated rings. The zero-order valence-corrected chi connectivity index (χ0v) is 8.74. The van der Waals surface area contributed by atoms with Crippen molar-refractivity contribution in [2.75, 3.05) is 6.61 Å². The minimum absolute atomic E-state index is 0.0155. The van der Waals surface area contributed by atoms with Crippen LogP contribution in [-0.2, 0) is 6.42 Å². The Kier molecular flexibility index (Phi) is 3.95. The second-order valence-electron chi connectivity index (χ2n) is 2.77. The van der Waals surface area contributed by atoms with Gasteiger partial charge in [-0.05, 0) is 34.8 Å². The lowest BCUT2D eigenvalue weighted by Crippen LogP contribution is -2.01. The van der Waals surface area contributed by atoms with Crippen LogP contribution >= 0.6 is 15.9 Å². The first-order chi connectivity index (χ1) is 6.57. The zero-order valence-electron chi connectivity index (χ0n) is 7.16. The van der Waals surface area contributed by atoms with Crippen molar-refractivity contribution in [1.29, 1.82) is 0 Å². The highest BCUT2D eigenvalue weighted by molar-refractivity contribution is 9.10. The summed E-state index contributed by atoms with van der Waals surface area (Å²) in [4.78, 5) is 0. The Morgan fingerprint density at radius 3 is 2.43 bits per heavy atom. The first kappa shape index (κ1) is 11.5. The van der Waals surface area contributed by atoms with E-state index in [4.69, 9.17) is 5.11 Å². The van der Waals surface area contributed by atoms with Gasteiger partial charge in [-0.2, -0.15) is 0 Å². The molecule has 0 radical (unpaired) electrons. The van der Waals surface area contributed by atoms with Gasteiger partial charge in [-0.1, -0.05) is 0 Å². The van der Waals surface area contributed by atoms with Gasteiger partial charge in [0.15, 0.2) is 11.6 Å². The molecule has 1 rings (SSSR count). The largest absolute Gasteiger partial charge is 0.396 e. The van der Waals surface area contributed by atoms with Crippen LogP contribution < -0.4 is 0 Å². The summed E-state index contributed by atoms with van der Waals surface area (Å²) in [5.41, 5.74) is -0.320. The van der Waals surface area contributed by atoms with Crippen LogP contribution in [0, 0.1) is 17.5 Å². The van der Waals surface area contributed by atoms with Crippen molar-refractivity contribution in [2.45, 2.75) is 12.8 Å². The van der Waals surface area contributed by atoms with Crippen molar-refractivity contribution >= 4 is 15.9 Å². The smallest absolute Gasteiger partial charge is 0.173 e. The van der Waals surface area contributed by atoms with Gasteiger partial charge >= 0.3 is 0 Å². The lowest BCUT2D eigenvalue weighted by Gasteiger charge is -2.05. The Hall–Kier alpha value is -0.550. The van der Waals surface area contributed by atoms with E-state index in [1.54, 1.807) is 0 Å². The maximum Gasteiger partial charge on any atom is 0.173 e. The van der Waals surface area contributed by atoms with Crippen LogP contribution in [0.4, 0.5) is 13.2 Å². The molecule has 1 nitrogen and oxygen atoms in total. The predicted octanol–water partition coefficient (Wildman–Crippen LogP) is 2.79. The van der Waals surface area contributed by atoms with Crippen molar-refractivity contribution < 1.29 is 18.3 Å². The van der Waals surface area contributed by atoms with E-state index in [-0.39, 0.29) is 29.5 Å². The first-order valence-corrected chi connectivity index (χ1v) is 4.80. The molecule has 0 aliphatic carbocycles. The topological polar surface area (TPSA) is 20.2 Å². The van der Waals surface area contributed by atoms with Crippen LogP contribution in [0.2, 0.25) is 0 Å². The van der Waals surface area contributed by atoms with E-state index in [9.17, 15) is 13.2 Å². The summed E-state index contributed by atoms with van der Waals surface area (Å²) < 4.78 is 38.9. The number of rotatable bonds is 3. The minimum Gasteiger partial charge on any atom is -0.396 e. The van der Waals surface area contributed by atoms with Gasteiger partial charge in [0.05, 0.1) is 4.47 Å². The van der Waals surface area contributed by atoms with Gasteiger partial charge < -0.3 is 5.11 Å². The second-order valence-corrected chi connectivity index (χ2v) is 3.63. The first-order valence-electron chi connectivity index (χ1n) is 4.00. The normalized spacial score (nSPS) is 10.6. The van der Waals surface area contributed by atoms with Crippen LogP contribution in [0.5, 0.6) is 0 Å². The number of halogens is 4. The summed E-state index contributed by atoms with van der Waals surface area (Å²) in [6.07, 6.45) is 0.188. The SMILES string of the molecule is OCCCc1c(F)cc(Br)c(F)c1F. The molecule has 1 aromatic rings. The Balaban J connectivity index is 3.09.